The van der Waals surface area contributed by atoms with Crippen LogP contribution in [0.2, 0.25) is 0 Å². The summed E-state index contributed by atoms with van der Waals surface area (Å²) in [6.45, 7) is 4.83. The lowest BCUT2D eigenvalue weighted by Crippen LogP contribution is -2.45. The van der Waals surface area contributed by atoms with Gasteiger partial charge in [0, 0.05) is 32.2 Å². The second-order valence-corrected chi connectivity index (χ2v) is 6.18. The molecule has 2 heterocycles. The number of guanidine groups is 1. The van der Waals surface area contributed by atoms with Crippen LogP contribution in [0.15, 0.2) is 16.6 Å². The Kier molecular flexibility index (Phi) is 10.1. The Morgan fingerprint density at radius 2 is 2.24 bits per heavy atom. The lowest BCUT2D eigenvalue weighted by Gasteiger charge is -2.20. The predicted molar refractivity (Wildman–Crippen MR) is 104 cm³/mol. The molecule has 0 aromatic carbocycles. The van der Waals surface area contributed by atoms with E-state index in [1.807, 2.05) is 6.92 Å². The summed E-state index contributed by atoms with van der Waals surface area (Å²) in [5, 5.41) is 6.42. The molecule has 5 nitrogen and oxygen atoms in total. The van der Waals surface area contributed by atoms with E-state index in [2.05, 4.69) is 21.7 Å². The first-order chi connectivity index (χ1) is 11.5. The van der Waals surface area contributed by atoms with Gasteiger partial charge in [0.05, 0.1) is 19.8 Å². The minimum Gasteiger partial charge on any atom is -0.377 e. The molecular weight excluding hydrogens is 448 g/mol. The highest BCUT2D eigenvalue weighted by Crippen LogP contribution is 2.20. The third-order valence-corrected chi connectivity index (χ3v) is 4.12. The van der Waals surface area contributed by atoms with Crippen molar-refractivity contribution in [1.29, 1.82) is 0 Å². The molecule has 0 spiro atoms. The van der Waals surface area contributed by atoms with Crippen molar-refractivity contribution in [3.63, 3.8) is 0 Å². The standard InChI is InChI=1S/C16H27F3N4O.HI/c1-2-20-15(21-7-3-13-5-9-24-10-6-13)22-14-4-8-23(11-14)12-16(17,18)19;/h5,14H,2-4,6-12H2,1H3,(H2,20,21,22);1H. The number of hydrogen-bond acceptors (Lipinski definition) is 3. The first-order valence-electron chi connectivity index (χ1n) is 8.56. The first-order valence-corrected chi connectivity index (χ1v) is 8.56. The average Bonchev–Trinajstić information content (AvgIpc) is 2.93. The second-order valence-electron chi connectivity index (χ2n) is 6.18. The summed E-state index contributed by atoms with van der Waals surface area (Å²) in [4.78, 5) is 5.98. The number of hydrogen-bond donors (Lipinski definition) is 2. The van der Waals surface area contributed by atoms with Gasteiger partial charge in [0.2, 0.25) is 0 Å². The molecule has 1 fully saturated rings. The van der Waals surface area contributed by atoms with Gasteiger partial charge in [-0.2, -0.15) is 13.2 Å². The number of aliphatic imine (C=N–C) groups is 1. The number of alkyl halides is 3. The molecule has 0 aliphatic carbocycles. The topological polar surface area (TPSA) is 48.9 Å². The lowest BCUT2D eigenvalue weighted by atomic mass is 10.1. The molecule has 1 atom stereocenters. The summed E-state index contributed by atoms with van der Waals surface area (Å²) >= 11 is 0. The predicted octanol–water partition coefficient (Wildman–Crippen LogP) is 2.53. The van der Waals surface area contributed by atoms with Crippen molar-refractivity contribution in [3.05, 3.63) is 11.6 Å². The zero-order chi connectivity index (χ0) is 17.4. The van der Waals surface area contributed by atoms with Crippen LogP contribution in [0, 0.1) is 0 Å². The van der Waals surface area contributed by atoms with Crippen LogP contribution in [0.3, 0.4) is 0 Å². The fourth-order valence-corrected chi connectivity index (χ4v) is 2.96. The van der Waals surface area contributed by atoms with Gasteiger partial charge in [0.1, 0.15) is 0 Å². The van der Waals surface area contributed by atoms with Crippen molar-refractivity contribution in [3.8, 4) is 0 Å². The van der Waals surface area contributed by atoms with Gasteiger partial charge in [-0.1, -0.05) is 11.6 Å². The quantitative estimate of drug-likeness (QED) is 0.268. The van der Waals surface area contributed by atoms with Crippen LogP contribution in [0.25, 0.3) is 0 Å². The van der Waals surface area contributed by atoms with Gasteiger partial charge in [-0.25, -0.2) is 0 Å². The third-order valence-electron chi connectivity index (χ3n) is 4.12. The fourth-order valence-electron chi connectivity index (χ4n) is 2.96. The molecule has 0 bridgehead atoms. The Bertz CT molecular complexity index is 457. The molecule has 2 aliphatic heterocycles. The Labute approximate surface area is 164 Å². The normalized spacial score (nSPS) is 22.3. The number of halogens is 4. The minimum atomic E-state index is -4.13. The molecule has 0 aromatic rings. The molecule has 2 rings (SSSR count). The van der Waals surface area contributed by atoms with Crippen LogP contribution in [0.4, 0.5) is 13.2 Å². The molecular formula is C16H28F3IN4O. The van der Waals surface area contributed by atoms with Crippen molar-refractivity contribution in [2.24, 2.45) is 4.99 Å². The average molecular weight is 476 g/mol. The van der Waals surface area contributed by atoms with Crippen molar-refractivity contribution in [2.45, 2.75) is 38.4 Å². The summed E-state index contributed by atoms with van der Waals surface area (Å²) in [6.07, 6.45) is 0.512. The number of ether oxygens (including phenoxy) is 1. The molecule has 25 heavy (non-hydrogen) atoms. The van der Waals surface area contributed by atoms with E-state index in [4.69, 9.17) is 4.74 Å². The summed E-state index contributed by atoms with van der Waals surface area (Å²) in [5.74, 6) is 0.684. The fraction of sp³-hybridized carbons (Fsp3) is 0.812. The van der Waals surface area contributed by atoms with Gasteiger partial charge in [-0.3, -0.25) is 9.89 Å². The number of rotatable bonds is 6. The van der Waals surface area contributed by atoms with E-state index < -0.39 is 12.7 Å². The number of nitrogens with one attached hydrogen (secondary N) is 2. The zero-order valence-corrected chi connectivity index (χ0v) is 16.9. The third kappa shape index (κ3) is 9.09. The minimum absolute atomic E-state index is 0. The largest absolute Gasteiger partial charge is 0.401 e. The van der Waals surface area contributed by atoms with E-state index in [-0.39, 0.29) is 30.0 Å². The highest BCUT2D eigenvalue weighted by molar-refractivity contribution is 14.0. The summed E-state index contributed by atoms with van der Waals surface area (Å²) in [5.41, 5.74) is 1.36. The Morgan fingerprint density at radius 1 is 1.44 bits per heavy atom. The highest BCUT2D eigenvalue weighted by atomic mass is 127. The van der Waals surface area contributed by atoms with Gasteiger partial charge in [-0.05, 0) is 26.2 Å². The first kappa shape index (κ1) is 22.5. The molecule has 9 heteroatoms. The monoisotopic (exact) mass is 476 g/mol. The van der Waals surface area contributed by atoms with E-state index in [9.17, 15) is 13.2 Å². The Hall–Kier alpha value is -0.550. The maximum absolute atomic E-state index is 12.4. The van der Waals surface area contributed by atoms with E-state index in [1.54, 1.807) is 0 Å². The number of likely N-dealkylation sites (tertiary alicyclic amines) is 1. The van der Waals surface area contributed by atoms with Crippen molar-refractivity contribution >= 4 is 29.9 Å². The molecule has 2 N–H and O–H groups in total. The van der Waals surface area contributed by atoms with Crippen LogP contribution in [-0.4, -0.2) is 69.0 Å². The van der Waals surface area contributed by atoms with Crippen LogP contribution in [-0.2, 0) is 4.74 Å². The van der Waals surface area contributed by atoms with Crippen LogP contribution >= 0.6 is 24.0 Å². The molecule has 1 unspecified atom stereocenters. The highest BCUT2D eigenvalue weighted by Gasteiger charge is 2.34. The lowest BCUT2D eigenvalue weighted by molar-refractivity contribution is -0.143. The van der Waals surface area contributed by atoms with E-state index >= 15 is 0 Å². The Balaban J connectivity index is 0.00000312. The maximum atomic E-state index is 12.4. The molecule has 0 amide bonds. The van der Waals surface area contributed by atoms with Gasteiger partial charge in [0.15, 0.2) is 5.96 Å². The number of nitrogens with zero attached hydrogens (tertiary/aromatic N) is 2. The second kappa shape index (κ2) is 11.2. The Morgan fingerprint density at radius 3 is 2.88 bits per heavy atom. The van der Waals surface area contributed by atoms with Crippen molar-refractivity contribution in [2.75, 3.05) is 45.9 Å². The van der Waals surface area contributed by atoms with E-state index in [0.29, 0.717) is 38.6 Å². The van der Waals surface area contributed by atoms with Gasteiger partial charge in [-0.15, -0.1) is 24.0 Å². The summed E-state index contributed by atoms with van der Waals surface area (Å²) < 4.78 is 42.6. The van der Waals surface area contributed by atoms with E-state index in [0.717, 1.165) is 26.0 Å². The van der Waals surface area contributed by atoms with E-state index in [1.165, 1.54) is 10.5 Å². The van der Waals surface area contributed by atoms with Crippen LogP contribution in [0.5, 0.6) is 0 Å². The SMILES string of the molecule is CCNC(=NCCC1=CCOCC1)NC1CCN(CC(F)(F)F)C1.I. The summed E-state index contributed by atoms with van der Waals surface area (Å²) in [6, 6.07) is 0.00689. The zero-order valence-electron chi connectivity index (χ0n) is 14.6. The smallest absolute Gasteiger partial charge is 0.377 e. The molecule has 0 radical (unpaired) electrons. The van der Waals surface area contributed by atoms with Gasteiger partial charge < -0.3 is 15.4 Å². The van der Waals surface area contributed by atoms with Crippen molar-refractivity contribution < 1.29 is 17.9 Å². The molecule has 2 aliphatic rings. The molecule has 146 valence electrons. The maximum Gasteiger partial charge on any atom is 0.401 e. The van der Waals surface area contributed by atoms with Gasteiger partial charge >= 0.3 is 6.18 Å². The molecule has 0 aromatic heterocycles. The van der Waals surface area contributed by atoms with Crippen LogP contribution in [0.1, 0.15) is 26.2 Å². The molecule has 1 saturated heterocycles. The molecule has 0 saturated carbocycles. The van der Waals surface area contributed by atoms with Crippen molar-refractivity contribution in [1.82, 2.24) is 15.5 Å². The summed E-state index contributed by atoms with van der Waals surface area (Å²) in [7, 11) is 0. The van der Waals surface area contributed by atoms with Gasteiger partial charge in [0.25, 0.3) is 0 Å². The van der Waals surface area contributed by atoms with Crippen LogP contribution < -0.4 is 10.6 Å².